The van der Waals surface area contributed by atoms with Crippen molar-refractivity contribution < 1.29 is 30.0 Å². The number of rotatable bonds is 0. The fraction of sp³-hybridized carbons (Fsp3) is 0.875. The first-order chi connectivity index (χ1) is 9.93. The van der Waals surface area contributed by atoms with E-state index in [9.17, 15) is 0 Å². The summed E-state index contributed by atoms with van der Waals surface area (Å²) in [5.41, 5.74) is 0. The van der Waals surface area contributed by atoms with E-state index in [0.717, 1.165) is 11.8 Å². The van der Waals surface area contributed by atoms with Crippen LogP contribution >= 0.6 is 0 Å². The summed E-state index contributed by atoms with van der Waals surface area (Å²) < 4.78 is 0. The lowest BCUT2D eigenvalue weighted by atomic mass is 10.0. The van der Waals surface area contributed by atoms with Crippen molar-refractivity contribution in [3.63, 3.8) is 0 Å². The van der Waals surface area contributed by atoms with Gasteiger partial charge in [-0.25, -0.2) is 9.59 Å². The van der Waals surface area contributed by atoms with Crippen LogP contribution in [0, 0.1) is 11.8 Å². The Bertz CT molecular complexity index is 180. The predicted molar refractivity (Wildman–Crippen MR) is 90.0 cm³/mol. The quantitative estimate of drug-likeness (QED) is 0.427. The molecule has 0 bridgehead atoms. The highest BCUT2D eigenvalue weighted by Crippen LogP contribution is 2.15. The summed E-state index contributed by atoms with van der Waals surface area (Å²) in [5.74, 6) is 1.67. The highest BCUT2D eigenvalue weighted by atomic mass is 16.6. The zero-order valence-electron chi connectivity index (χ0n) is 15.0. The van der Waals surface area contributed by atoms with Crippen molar-refractivity contribution in [3.05, 3.63) is 0 Å². The van der Waals surface area contributed by atoms with E-state index in [1.54, 1.807) is 0 Å². The van der Waals surface area contributed by atoms with Gasteiger partial charge in [0, 0.05) is 0 Å². The molecule has 0 unspecified atom stereocenters. The van der Waals surface area contributed by atoms with Crippen molar-refractivity contribution in [2.24, 2.45) is 11.8 Å². The predicted octanol–water partition coefficient (Wildman–Crippen LogP) is 6.11. The van der Waals surface area contributed by atoms with Gasteiger partial charge in [-0.2, -0.15) is 0 Å². The van der Waals surface area contributed by atoms with Crippen molar-refractivity contribution in [1.29, 1.82) is 0 Å². The van der Waals surface area contributed by atoms with Crippen LogP contribution in [0.1, 0.15) is 80.1 Å². The van der Waals surface area contributed by atoms with Crippen molar-refractivity contribution in [2.75, 3.05) is 0 Å². The molecule has 136 valence electrons. The Hall–Kier alpha value is -1.46. The molecule has 1 saturated carbocycles. The third-order valence-corrected chi connectivity index (χ3v) is 1.50. The van der Waals surface area contributed by atoms with Crippen molar-refractivity contribution in [2.45, 2.75) is 80.1 Å². The van der Waals surface area contributed by atoms with E-state index in [0.29, 0.717) is 0 Å². The lowest BCUT2D eigenvalue weighted by Gasteiger charge is -2.05. The lowest BCUT2D eigenvalue weighted by Crippen LogP contribution is -1.85. The minimum absolute atomic E-state index is 0.833. The van der Waals surface area contributed by atoms with Crippen molar-refractivity contribution >= 4 is 12.3 Å². The molecule has 0 radical (unpaired) electrons. The monoisotopic (exact) mass is 324 g/mol. The maximum absolute atomic E-state index is 8.56. The van der Waals surface area contributed by atoms with Crippen molar-refractivity contribution in [3.8, 4) is 0 Å². The van der Waals surface area contributed by atoms with Gasteiger partial charge in [-0.15, -0.1) is 0 Å². The molecular formula is C16H36O6. The van der Waals surface area contributed by atoms with E-state index in [1.165, 1.54) is 38.5 Å². The molecule has 1 aliphatic rings. The number of hydrogen-bond donors (Lipinski definition) is 4. The molecule has 0 heterocycles. The molecule has 0 aromatic rings. The van der Waals surface area contributed by atoms with Crippen LogP contribution in [0.15, 0.2) is 0 Å². The molecule has 0 spiro atoms. The molecule has 1 aliphatic carbocycles. The highest BCUT2D eigenvalue weighted by Gasteiger charge is 1.95. The number of carbonyl (C=O) groups is 2. The maximum Gasteiger partial charge on any atom is 0.503 e. The Labute approximate surface area is 135 Å². The molecule has 6 heteroatoms. The topological polar surface area (TPSA) is 115 Å². The fourth-order valence-electron chi connectivity index (χ4n) is 1.06. The highest BCUT2D eigenvalue weighted by molar-refractivity contribution is 5.53. The van der Waals surface area contributed by atoms with Crippen LogP contribution < -0.4 is 0 Å². The second-order valence-corrected chi connectivity index (χ2v) is 6.15. The summed E-state index contributed by atoms with van der Waals surface area (Å²) in [6.07, 6.45) is 5.33. The van der Waals surface area contributed by atoms with E-state index >= 15 is 0 Å². The van der Waals surface area contributed by atoms with Crippen molar-refractivity contribution in [1.82, 2.24) is 0 Å². The molecule has 4 N–H and O–H groups in total. The van der Waals surface area contributed by atoms with Crippen LogP contribution in [-0.2, 0) is 0 Å². The van der Waals surface area contributed by atoms with E-state index in [4.69, 9.17) is 30.0 Å². The van der Waals surface area contributed by atoms with Crippen LogP contribution in [0.5, 0.6) is 0 Å². The van der Waals surface area contributed by atoms with Crippen LogP contribution in [0.25, 0.3) is 0 Å². The van der Waals surface area contributed by atoms with Gasteiger partial charge >= 0.3 is 12.3 Å². The van der Waals surface area contributed by atoms with Gasteiger partial charge in [-0.3, -0.25) is 0 Å². The fourth-order valence-corrected chi connectivity index (χ4v) is 1.06. The Kier molecular flexibility index (Phi) is 32.0. The molecule has 0 aromatic carbocycles. The Morgan fingerprint density at radius 1 is 0.545 bits per heavy atom. The minimum Gasteiger partial charge on any atom is -0.450 e. The summed E-state index contributed by atoms with van der Waals surface area (Å²) >= 11 is 0. The van der Waals surface area contributed by atoms with Crippen LogP contribution in [0.3, 0.4) is 0 Å². The first-order valence-electron chi connectivity index (χ1n) is 7.77. The normalized spacial score (nSPS) is 12.0. The Balaban J connectivity index is -0.0000000937. The summed E-state index contributed by atoms with van der Waals surface area (Å²) in [6.45, 7) is 13.0. The van der Waals surface area contributed by atoms with Gasteiger partial charge in [0.1, 0.15) is 0 Å². The molecule has 1 rings (SSSR count). The van der Waals surface area contributed by atoms with Gasteiger partial charge in [0.15, 0.2) is 0 Å². The SMILES string of the molecule is C1CCCCC1.CC(C)C.CC(C)C.O=C(O)O.O=C(O)O. The number of hydrogen-bond acceptors (Lipinski definition) is 2. The molecule has 0 atom stereocenters. The molecule has 0 saturated heterocycles. The molecular weight excluding hydrogens is 288 g/mol. The molecule has 0 aliphatic heterocycles. The molecule has 1 fully saturated rings. The van der Waals surface area contributed by atoms with Gasteiger partial charge < -0.3 is 20.4 Å². The molecule has 0 aromatic heterocycles. The minimum atomic E-state index is -1.83. The Morgan fingerprint density at radius 2 is 0.591 bits per heavy atom. The lowest BCUT2D eigenvalue weighted by molar-refractivity contribution is 0.135. The van der Waals surface area contributed by atoms with Gasteiger partial charge in [0.25, 0.3) is 0 Å². The largest absolute Gasteiger partial charge is 0.503 e. The first-order valence-corrected chi connectivity index (χ1v) is 7.77. The van der Waals surface area contributed by atoms with E-state index in [2.05, 4.69) is 41.5 Å². The van der Waals surface area contributed by atoms with Gasteiger partial charge in [0.05, 0.1) is 0 Å². The maximum atomic E-state index is 8.56. The van der Waals surface area contributed by atoms with Crippen LogP contribution in [0.2, 0.25) is 0 Å². The summed E-state index contributed by atoms with van der Waals surface area (Å²) in [5, 5.41) is 27.9. The van der Waals surface area contributed by atoms with E-state index in [1.807, 2.05) is 0 Å². The van der Waals surface area contributed by atoms with Crippen LogP contribution in [-0.4, -0.2) is 32.7 Å². The molecule has 6 nitrogen and oxygen atoms in total. The first kappa shape index (κ1) is 28.7. The zero-order valence-corrected chi connectivity index (χ0v) is 15.0. The zero-order chi connectivity index (χ0) is 18.6. The average molecular weight is 324 g/mol. The summed E-state index contributed by atoms with van der Waals surface area (Å²) in [4.78, 5) is 17.1. The Morgan fingerprint density at radius 3 is 0.636 bits per heavy atom. The smallest absolute Gasteiger partial charge is 0.450 e. The second kappa shape index (κ2) is 24.6. The standard InChI is InChI=1S/C6H12.2C4H10.2CH2O3/c1-2-4-6-5-3-1;2*1-4(2)3;2*2-1(3)4/h1-6H2;2*4H,1-3H3;2*(H2,2,3,4). The van der Waals surface area contributed by atoms with Crippen LogP contribution in [0.4, 0.5) is 9.59 Å². The van der Waals surface area contributed by atoms with E-state index in [-0.39, 0.29) is 0 Å². The third kappa shape index (κ3) is 277. The van der Waals surface area contributed by atoms with E-state index < -0.39 is 12.3 Å². The number of carboxylic acid groups (broad SMARTS) is 4. The summed E-state index contributed by atoms with van der Waals surface area (Å²) in [6, 6.07) is 0. The average Bonchev–Trinajstić information content (AvgIpc) is 2.28. The summed E-state index contributed by atoms with van der Waals surface area (Å²) in [7, 11) is 0. The second-order valence-electron chi connectivity index (χ2n) is 6.15. The van der Waals surface area contributed by atoms with Gasteiger partial charge in [-0.1, -0.05) is 80.1 Å². The van der Waals surface area contributed by atoms with Gasteiger partial charge in [0.2, 0.25) is 0 Å². The third-order valence-electron chi connectivity index (χ3n) is 1.50. The molecule has 22 heavy (non-hydrogen) atoms. The molecule has 0 amide bonds. The van der Waals surface area contributed by atoms with Gasteiger partial charge in [-0.05, 0) is 11.8 Å².